The minimum atomic E-state index is -4.69. The highest BCUT2D eigenvalue weighted by Gasteiger charge is 2.35. The van der Waals surface area contributed by atoms with Gasteiger partial charge in [-0.3, -0.25) is 0 Å². The largest absolute Gasteiger partial charge is 0.444 e. The number of hydrogen-bond acceptors (Lipinski definition) is 5. The van der Waals surface area contributed by atoms with Crippen LogP contribution < -0.4 is 5.32 Å². The van der Waals surface area contributed by atoms with Crippen LogP contribution in [0.25, 0.3) is 0 Å². The van der Waals surface area contributed by atoms with Crippen molar-refractivity contribution < 1.29 is 36.2 Å². The van der Waals surface area contributed by atoms with E-state index in [-0.39, 0.29) is 24.0 Å². The van der Waals surface area contributed by atoms with Gasteiger partial charge in [0.1, 0.15) is 5.60 Å². The van der Waals surface area contributed by atoms with Crippen LogP contribution in [0.1, 0.15) is 44.7 Å². The molecule has 0 saturated carbocycles. The summed E-state index contributed by atoms with van der Waals surface area (Å²) < 4.78 is 70.8. The lowest BCUT2D eigenvalue weighted by Crippen LogP contribution is -2.47. The van der Waals surface area contributed by atoms with Gasteiger partial charge >= 0.3 is 12.3 Å². The number of amides is 1. The number of carbonyl (C=O) groups is 1. The van der Waals surface area contributed by atoms with Crippen LogP contribution in [0.5, 0.6) is 0 Å². The Bertz CT molecular complexity index is 842. The number of hydrogen-bond donors (Lipinski definition) is 2. The normalized spacial score (nSPS) is 17.2. The minimum Gasteiger partial charge on any atom is -0.444 e. The van der Waals surface area contributed by atoms with Gasteiger partial charge in [-0.25, -0.2) is 13.2 Å². The highest BCUT2D eigenvalue weighted by molar-refractivity contribution is 7.89. The van der Waals surface area contributed by atoms with Crippen molar-refractivity contribution in [1.29, 1.82) is 0 Å². The van der Waals surface area contributed by atoms with Crippen LogP contribution in [-0.2, 0) is 27.5 Å². The van der Waals surface area contributed by atoms with E-state index >= 15 is 0 Å². The second-order valence-electron chi connectivity index (χ2n) is 7.80. The van der Waals surface area contributed by atoms with Gasteiger partial charge in [0.25, 0.3) is 0 Å². The summed E-state index contributed by atoms with van der Waals surface area (Å²) in [5, 5.41) is 11.9. The maximum absolute atomic E-state index is 13.0. The molecule has 0 radical (unpaired) electrons. The lowest BCUT2D eigenvalue weighted by atomic mass is 10.1. The first kappa shape index (κ1) is 23.4. The van der Waals surface area contributed by atoms with Crippen molar-refractivity contribution >= 4 is 16.1 Å². The Morgan fingerprint density at radius 1 is 1.24 bits per heavy atom. The monoisotopic (exact) mass is 438 g/mol. The van der Waals surface area contributed by atoms with Crippen LogP contribution in [0.3, 0.4) is 0 Å². The highest BCUT2D eigenvalue weighted by atomic mass is 32.2. The second kappa shape index (κ2) is 8.49. The summed E-state index contributed by atoms with van der Waals surface area (Å²) in [5.74, 6) is 0. The van der Waals surface area contributed by atoms with E-state index in [1.165, 1.54) is 0 Å². The molecule has 1 aliphatic heterocycles. The third kappa shape index (κ3) is 6.06. The summed E-state index contributed by atoms with van der Waals surface area (Å²) in [5.41, 5.74) is -2.22. The van der Waals surface area contributed by atoms with Crippen LogP contribution in [0.4, 0.5) is 18.0 Å². The predicted molar refractivity (Wildman–Crippen MR) is 98.5 cm³/mol. The molecule has 0 aliphatic carbocycles. The van der Waals surface area contributed by atoms with E-state index in [4.69, 9.17) is 4.74 Å². The number of nitrogens with zero attached hydrogens (tertiary/aromatic N) is 1. The standard InChI is InChI=1S/C18H25F3N2O5S/c1-17(2,3)28-16(25)22-13-6-8-23(9-7-13)29(26,27)14-4-5-15(18(19,20)21)12(10-14)11-24/h4-5,10,13,24H,6-9,11H2,1-3H3,(H,22,25). The quantitative estimate of drug-likeness (QED) is 0.754. The fraction of sp³-hybridized carbons (Fsp3) is 0.611. The Morgan fingerprint density at radius 3 is 2.31 bits per heavy atom. The maximum atomic E-state index is 13.0. The van der Waals surface area contributed by atoms with Crippen molar-refractivity contribution in [2.45, 2.75) is 62.9 Å². The molecule has 11 heteroatoms. The topological polar surface area (TPSA) is 95.9 Å². The first-order valence-corrected chi connectivity index (χ1v) is 10.5. The van der Waals surface area contributed by atoms with Gasteiger partial charge in [0, 0.05) is 19.1 Å². The molecule has 1 amide bonds. The summed E-state index contributed by atoms with van der Waals surface area (Å²) in [7, 11) is -4.03. The number of alkyl carbamates (subject to hydrolysis) is 1. The van der Waals surface area contributed by atoms with Crippen molar-refractivity contribution in [3.8, 4) is 0 Å². The zero-order valence-corrected chi connectivity index (χ0v) is 17.2. The molecule has 1 aromatic carbocycles. The first-order valence-electron chi connectivity index (χ1n) is 9.04. The Morgan fingerprint density at radius 2 is 1.83 bits per heavy atom. The number of benzene rings is 1. The van der Waals surface area contributed by atoms with E-state index in [0.29, 0.717) is 18.9 Å². The Labute approximate surface area is 167 Å². The SMILES string of the molecule is CC(C)(C)OC(=O)NC1CCN(S(=O)(=O)c2ccc(C(F)(F)F)c(CO)c2)CC1. The van der Waals surface area contributed by atoms with Gasteiger partial charge in [-0.1, -0.05) is 0 Å². The summed E-state index contributed by atoms with van der Waals surface area (Å²) in [6.07, 6.45) is -4.60. The molecule has 1 heterocycles. The number of aliphatic hydroxyl groups excluding tert-OH is 1. The van der Waals surface area contributed by atoms with E-state index in [0.717, 1.165) is 16.4 Å². The van der Waals surface area contributed by atoms with E-state index in [1.54, 1.807) is 20.8 Å². The Balaban J connectivity index is 2.08. The molecule has 164 valence electrons. The molecule has 1 fully saturated rings. The van der Waals surface area contributed by atoms with Crippen LogP contribution in [0.15, 0.2) is 23.1 Å². The van der Waals surface area contributed by atoms with Crippen molar-refractivity contribution in [2.24, 2.45) is 0 Å². The zero-order chi connectivity index (χ0) is 22.0. The molecule has 1 aliphatic rings. The fourth-order valence-corrected chi connectivity index (χ4v) is 4.52. The van der Waals surface area contributed by atoms with Gasteiger partial charge in [0.05, 0.1) is 17.1 Å². The number of aliphatic hydroxyl groups is 1. The number of rotatable bonds is 4. The van der Waals surface area contributed by atoms with Crippen LogP contribution in [-0.4, -0.2) is 48.7 Å². The first-order chi connectivity index (χ1) is 13.2. The Kier molecular flexibility index (Phi) is 6.86. The average molecular weight is 438 g/mol. The van der Waals surface area contributed by atoms with Gasteiger partial charge in [-0.2, -0.15) is 17.5 Å². The number of alkyl halides is 3. The summed E-state index contributed by atoms with van der Waals surface area (Å²) >= 11 is 0. The Hall–Kier alpha value is -1.85. The lowest BCUT2D eigenvalue weighted by molar-refractivity contribution is -0.138. The molecule has 1 aromatic rings. The lowest BCUT2D eigenvalue weighted by Gasteiger charge is -2.32. The van der Waals surface area contributed by atoms with Gasteiger partial charge in [0.2, 0.25) is 10.0 Å². The smallest absolute Gasteiger partial charge is 0.416 e. The molecule has 2 rings (SSSR count). The zero-order valence-electron chi connectivity index (χ0n) is 16.4. The van der Waals surface area contributed by atoms with Crippen molar-refractivity contribution in [3.63, 3.8) is 0 Å². The summed E-state index contributed by atoms with van der Waals surface area (Å²) in [6, 6.07) is 2.14. The van der Waals surface area contributed by atoms with E-state index < -0.39 is 45.6 Å². The van der Waals surface area contributed by atoms with Crippen molar-refractivity contribution in [3.05, 3.63) is 29.3 Å². The highest BCUT2D eigenvalue weighted by Crippen LogP contribution is 2.34. The fourth-order valence-electron chi connectivity index (χ4n) is 3.00. The van der Waals surface area contributed by atoms with Gasteiger partial charge in [0.15, 0.2) is 0 Å². The summed E-state index contributed by atoms with van der Waals surface area (Å²) in [6.45, 7) is 4.45. The summed E-state index contributed by atoms with van der Waals surface area (Å²) in [4.78, 5) is 11.5. The molecule has 29 heavy (non-hydrogen) atoms. The van der Waals surface area contributed by atoms with Crippen molar-refractivity contribution in [1.82, 2.24) is 9.62 Å². The number of halogens is 3. The van der Waals surface area contributed by atoms with Crippen molar-refractivity contribution in [2.75, 3.05) is 13.1 Å². The third-order valence-corrected chi connectivity index (χ3v) is 6.26. The van der Waals surface area contributed by atoms with Gasteiger partial charge in [-0.05, 0) is 57.4 Å². The van der Waals surface area contributed by atoms with Crippen LogP contribution >= 0.6 is 0 Å². The molecule has 0 spiro atoms. The number of carbonyl (C=O) groups excluding carboxylic acids is 1. The number of sulfonamides is 1. The molecular weight excluding hydrogens is 413 g/mol. The third-order valence-electron chi connectivity index (χ3n) is 4.37. The molecule has 7 nitrogen and oxygen atoms in total. The molecule has 0 unspecified atom stereocenters. The molecule has 0 aromatic heterocycles. The van der Waals surface area contributed by atoms with E-state index in [1.807, 2.05) is 0 Å². The average Bonchev–Trinajstić information content (AvgIpc) is 2.59. The van der Waals surface area contributed by atoms with Crippen LogP contribution in [0.2, 0.25) is 0 Å². The number of piperidine rings is 1. The van der Waals surface area contributed by atoms with Gasteiger partial charge in [-0.15, -0.1) is 0 Å². The minimum absolute atomic E-state index is 0.0955. The number of nitrogens with one attached hydrogen (secondary N) is 1. The molecule has 0 atom stereocenters. The van der Waals surface area contributed by atoms with Gasteiger partial charge < -0.3 is 15.2 Å². The molecule has 2 N–H and O–H groups in total. The van der Waals surface area contributed by atoms with E-state index in [9.17, 15) is 31.5 Å². The maximum Gasteiger partial charge on any atom is 0.416 e. The second-order valence-corrected chi connectivity index (χ2v) is 9.74. The molecule has 1 saturated heterocycles. The predicted octanol–water partition coefficient (Wildman–Crippen LogP) is 2.88. The van der Waals surface area contributed by atoms with Crippen LogP contribution in [0, 0.1) is 0 Å². The number of ether oxygens (including phenoxy) is 1. The van der Waals surface area contributed by atoms with E-state index in [2.05, 4.69) is 5.32 Å². The molecular formula is C18H25F3N2O5S. The molecule has 0 bridgehead atoms.